The number of aromatic nitrogens is 1. The van der Waals surface area contributed by atoms with Crippen LogP contribution in [0, 0.1) is 11.3 Å². The number of pyridine rings is 1. The summed E-state index contributed by atoms with van der Waals surface area (Å²) in [7, 11) is 0. The minimum atomic E-state index is -0.579. The Morgan fingerprint density at radius 2 is 1.80 bits per heavy atom. The summed E-state index contributed by atoms with van der Waals surface area (Å²) in [5, 5.41) is 12.8. The molecule has 2 aromatic rings. The monoisotopic (exact) mass is 473 g/mol. The van der Waals surface area contributed by atoms with Crippen LogP contribution < -0.4 is 10.2 Å². The number of nitriles is 1. The molecule has 1 atom stereocenters. The zero-order chi connectivity index (χ0) is 24.2. The SMILES string of the molecule is N#Cc1c(N2CCN(C(=O)C(=O)NC[C@H]3CCCO3)CC2)nc(-c2ccccc2)c2c1CCCC2. The quantitative estimate of drug-likeness (QED) is 0.685. The second-order valence-corrected chi connectivity index (χ2v) is 9.43. The van der Waals surface area contributed by atoms with Crippen molar-refractivity contribution < 1.29 is 14.3 Å². The van der Waals surface area contributed by atoms with Gasteiger partial charge in [0.1, 0.15) is 11.9 Å². The number of carbonyl (C=O) groups excluding carboxylic acids is 2. The molecule has 35 heavy (non-hydrogen) atoms. The van der Waals surface area contributed by atoms with Gasteiger partial charge in [0, 0.05) is 44.9 Å². The highest BCUT2D eigenvalue weighted by Crippen LogP contribution is 2.36. The van der Waals surface area contributed by atoms with E-state index < -0.39 is 11.8 Å². The van der Waals surface area contributed by atoms with Gasteiger partial charge < -0.3 is 19.9 Å². The summed E-state index contributed by atoms with van der Waals surface area (Å²) in [6.45, 7) is 2.97. The smallest absolute Gasteiger partial charge is 0.312 e. The van der Waals surface area contributed by atoms with E-state index >= 15 is 0 Å². The number of nitrogens with zero attached hydrogens (tertiary/aromatic N) is 4. The molecule has 0 bridgehead atoms. The van der Waals surface area contributed by atoms with Crippen molar-refractivity contribution in [1.29, 1.82) is 5.26 Å². The maximum absolute atomic E-state index is 12.7. The van der Waals surface area contributed by atoms with Crippen LogP contribution in [-0.2, 0) is 27.2 Å². The van der Waals surface area contributed by atoms with Gasteiger partial charge in [-0.15, -0.1) is 0 Å². The number of rotatable bonds is 4. The molecule has 1 aliphatic carbocycles. The normalized spacial score (nSPS) is 19.7. The van der Waals surface area contributed by atoms with Gasteiger partial charge >= 0.3 is 11.8 Å². The van der Waals surface area contributed by atoms with E-state index in [0.29, 0.717) is 50.7 Å². The zero-order valence-electron chi connectivity index (χ0n) is 20.0. The lowest BCUT2D eigenvalue weighted by Gasteiger charge is -2.36. The van der Waals surface area contributed by atoms with E-state index in [1.54, 1.807) is 4.90 Å². The lowest BCUT2D eigenvalue weighted by atomic mass is 9.86. The van der Waals surface area contributed by atoms with Crippen LogP contribution in [0.15, 0.2) is 30.3 Å². The molecular weight excluding hydrogens is 442 g/mol. The molecule has 182 valence electrons. The molecule has 3 aliphatic rings. The maximum Gasteiger partial charge on any atom is 0.312 e. The largest absolute Gasteiger partial charge is 0.376 e. The summed E-state index contributed by atoms with van der Waals surface area (Å²) < 4.78 is 5.51. The van der Waals surface area contributed by atoms with Crippen molar-refractivity contribution in [3.05, 3.63) is 47.0 Å². The Morgan fingerprint density at radius 1 is 1.06 bits per heavy atom. The molecule has 1 aromatic carbocycles. The molecule has 3 heterocycles. The summed E-state index contributed by atoms with van der Waals surface area (Å²) in [4.78, 5) is 33.8. The van der Waals surface area contributed by atoms with Crippen molar-refractivity contribution in [2.24, 2.45) is 0 Å². The van der Waals surface area contributed by atoms with E-state index in [4.69, 9.17) is 9.72 Å². The molecule has 1 N–H and O–H groups in total. The van der Waals surface area contributed by atoms with E-state index in [1.807, 2.05) is 18.2 Å². The molecule has 0 spiro atoms. The zero-order valence-corrected chi connectivity index (χ0v) is 20.0. The van der Waals surface area contributed by atoms with E-state index in [2.05, 4.69) is 28.4 Å². The lowest BCUT2D eigenvalue weighted by Crippen LogP contribution is -2.53. The van der Waals surface area contributed by atoms with Crippen LogP contribution in [0.5, 0.6) is 0 Å². The standard InChI is InChI=1S/C27H31N5O3/c28-17-23-21-10-4-5-11-22(21)24(19-7-2-1-3-8-19)30-25(23)31-12-14-32(15-13-31)27(34)26(33)29-18-20-9-6-16-35-20/h1-3,7-8,20H,4-6,9-16,18H2,(H,29,33)/t20-/m1/s1. The molecule has 5 rings (SSSR count). The fourth-order valence-electron chi connectivity index (χ4n) is 5.34. The van der Waals surface area contributed by atoms with Crippen LogP contribution in [0.1, 0.15) is 42.4 Å². The first-order chi connectivity index (χ1) is 17.2. The number of amides is 2. The van der Waals surface area contributed by atoms with Gasteiger partial charge in [-0.05, 0) is 49.7 Å². The van der Waals surface area contributed by atoms with Crippen LogP contribution >= 0.6 is 0 Å². The number of piperazine rings is 1. The molecule has 8 nitrogen and oxygen atoms in total. The molecule has 0 saturated carbocycles. The van der Waals surface area contributed by atoms with Crippen molar-refractivity contribution in [1.82, 2.24) is 15.2 Å². The van der Waals surface area contributed by atoms with E-state index in [0.717, 1.165) is 55.3 Å². The van der Waals surface area contributed by atoms with E-state index in [9.17, 15) is 14.9 Å². The van der Waals surface area contributed by atoms with Crippen LogP contribution in [-0.4, -0.2) is 67.1 Å². The second kappa shape index (κ2) is 10.4. The van der Waals surface area contributed by atoms with Gasteiger partial charge in [-0.25, -0.2) is 4.98 Å². The first-order valence-electron chi connectivity index (χ1n) is 12.6. The fraction of sp³-hybridized carbons (Fsp3) is 0.481. The highest BCUT2D eigenvalue weighted by molar-refractivity contribution is 6.35. The Balaban J connectivity index is 1.32. The third-order valence-corrected chi connectivity index (χ3v) is 7.23. The van der Waals surface area contributed by atoms with Gasteiger partial charge in [-0.1, -0.05) is 30.3 Å². The second-order valence-electron chi connectivity index (χ2n) is 9.43. The first-order valence-corrected chi connectivity index (χ1v) is 12.6. The minimum Gasteiger partial charge on any atom is -0.376 e. The number of ether oxygens (including phenoxy) is 1. The summed E-state index contributed by atoms with van der Waals surface area (Å²) in [6, 6.07) is 12.6. The van der Waals surface area contributed by atoms with Crippen molar-refractivity contribution in [3.8, 4) is 17.3 Å². The van der Waals surface area contributed by atoms with Gasteiger partial charge in [0.15, 0.2) is 0 Å². The first kappa shape index (κ1) is 23.3. The Hall–Kier alpha value is -3.44. The lowest BCUT2D eigenvalue weighted by molar-refractivity contribution is -0.146. The van der Waals surface area contributed by atoms with Gasteiger partial charge in [-0.3, -0.25) is 9.59 Å². The molecule has 0 unspecified atom stereocenters. The van der Waals surface area contributed by atoms with Crippen LogP contribution in [0.2, 0.25) is 0 Å². The topological polar surface area (TPSA) is 98.6 Å². The molecule has 8 heteroatoms. The van der Waals surface area contributed by atoms with Gasteiger partial charge in [0.05, 0.1) is 17.4 Å². The Labute approximate surface area is 205 Å². The summed E-state index contributed by atoms with van der Waals surface area (Å²) in [5.41, 5.74) is 5.00. The third kappa shape index (κ3) is 4.87. The fourth-order valence-corrected chi connectivity index (χ4v) is 5.34. The Kier molecular flexibility index (Phi) is 6.96. The number of hydrogen-bond acceptors (Lipinski definition) is 6. The summed E-state index contributed by atoms with van der Waals surface area (Å²) >= 11 is 0. The van der Waals surface area contributed by atoms with Gasteiger partial charge in [-0.2, -0.15) is 5.26 Å². The summed E-state index contributed by atoms with van der Waals surface area (Å²) in [5.74, 6) is -0.390. The highest BCUT2D eigenvalue weighted by atomic mass is 16.5. The molecule has 1 aromatic heterocycles. The van der Waals surface area contributed by atoms with Crippen molar-refractivity contribution >= 4 is 17.6 Å². The van der Waals surface area contributed by atoms with Crippen LogP contribution in [0.4, 0.5) is 5.82 Å². The summed E-state index contributed by atoms with van der Waals surface area (Å²) in [6.07, 6.45) is 5.90. The van der Waals surface area contributed by atoms with Crippen molar-refractivity contribution in [3.63, 3.8) is 0 Å². The molecule has 2 aliphatic heterocycles. The molecular formula is C27H31N5O3. The van der Waals surface area contributed by atoms with Crippen molar-refractivity contribution in [2.75, 3.05) is 44.2 Å². The number of benzene rings is 1. The third-order valence-electron chi connectivity index (χ3n) is 7.23. The predicted octanol–water partition coefficient (Wildman–Crippen LogP) is 2.44. The van der Waals surface area contributed by atoms with E-state index in [-0.39, 0.29) is 6.10 Å². The number of anilines is 1. The highest BCUT2D eigenvalue weighted by Gasteiger charge is 2.30. The number of fused-ring (bicyclic) bond motifs is 1. The van der Waals surface area contributed by atoms with Crippen LogP contribution in [0.3, 0.4) is 0 Å². The van der Waals surface area contributed by atoms with Gasteiger partial charge in [0.2, 0.25) is 0 Å². The van der Waals surface area contributed by atoms with Crippen molar-refractivity contribution in [2.45, 2.75) is 44.6 Å². The van der Waals surface area contributed by atoms with Gasteiger partial charge in [0.25, 0.3) is 0 Å². The number of hydrogen-bond donors (Lipinski definition) is 1. The molecule has 2 amide bonds. The average Bonchev–Trinajstić information content (AvgIpc) is 3.45. The van der Waals surface area contributed by atoms with E-state index in [1.165, 1.54) is 5.56 Å². The Bertz CT molecular complexity index is 1130. The number of carbonyl (C=O) groups is 2. The molecule has 2 saturated heterocycles. The molecule has 0 radical (unpaired) electrons. The van der Waals surface area contributed by atoms with Crippen LogP contribution in [0.25, 0.3) is 11.3 Å². The number of nitrogens with one attached hydrogen (secondary N) is 1. The Morgan fingerprint density at radius 3 is 2.49 bits per heavy atom. The maximum atomic E-state index is 12.7. The predicted molar refractivity (Wildman–Crippen MR) is 132 cm³/mol. The average molecular weight is 474 g/mol. The molecule has 2 fully saturated rings. The minimum absolute atomic E-state index is 0.00175.